The van der Waals surface area contributed by atoms with Gasteiger partial charge in [0.2, 0.25) is 0 Å². The van der Waals surface area contributed by atoms with Crippen LogP contribution in [0.4, 0.5) is 0 Å². The van der Waals surface area contributed by atoms with Crippen molar-refractivity contribution in [3.05, 3.63) is 53.9 Å². The number of aromatic hydroxyl groups is 2. The first-order chi connectivity index (χ1) is 9.68. The van der Waals surface area contributed by atoms with Gasteiger partial charge in [-0.05, 0) is 17.0 Å². The predicted octanol–water partition coefficient (Wildman–Crippen LogP) is 2.28. The van der Waals surface area contributed by atoms with Crippen molar-refractivity contribution in [2.75, 3.05) is 0 Å². The molecular formula is C16H10NO3+. The van der Waals surface area contributed by atoms with Crippen molar-refractivity contribution >= 4 is 16.6 Å². The molecule has 0 atom stereocenters. The van der Waals surface area contributed by atoms with Crippen LogP contribution in [-0.2, 0) is 0 Å². The third-order valence-electron chi connectivity index (χ3n) is 3.72. The van der Waals surface area contributed by atoms with Crippen LogP contribution in [0.2, 0.25) is 0 Å². The van der Waals surface area contributed by atoms with Gasteiger partial charge in [0, 0.05) is 17.2 Å². The molecule has 0 unspecified atom stereocenters. The second-order valence-corrected chi connectivity index (χ2v) is 4.81. The van der Waals surface area contributed by atoms with Gasteiger partial charge in [0.15, 0.2) is 17.7 Å². The van der Waals surface area contributed by atoms with Crippen molar-refractivity contribution in [3.8, 4) is 22.6 Å². The normalized spacial score (nSPS) is 12.5. The number of H-pyrrole nitrogens is 1. The smallest absolute Gasteiger partial charge is 0.260 e. The Bertz CT molecular complexity index is 900. The van der Waals surface area contributed by atoms with Crippen molar-refractivity contribution in [2.24, 2.45) is 0 Å². The van der Waals surface area contributed by atoms with Crippen molar-refractivity contribution in [1.29, 1.82) is 0 Å². The molecule has 0 saturated carbocycles. The molecule has 0 saturated heterocycles. The highest BCUT2D eigenvalue weighted by Crippen LogP contribution is 2.46. The van der Waals surface area contributed by atoms with Gasteiger partial charge in [-0.3, -0.25) is 4.79 Å². The van der Waals surface area contributed by atoms with Crippen molar-refractivity contribution in [1.82, 2.24) is 0 Å². The molecule has 96 valence electrons. The SMILES string of the molecule is O=C1c2ccccc2-c2c(O)c(O)cc3cc[nH+]c1c23. The van der Waals surface area contributed by atoms with E-state index in [1.54, 1.807) is 36.5 Å². The molecule has 1 aliphatic rings. The molecule has 1 aliphatic carbocycles. The molecule has 4 rings (SSSR count). The molecule has 3 N–H and O–H groups in total. The largest absolute Gasteiger partial charge is 0.504 e. The summed E-state index contributed by atoms with van der Waals surface area (Å²) in [4.78, 5) is 15.5. The number of hydrogen-bond donors (Lipinski definition) is 2. The number of phenolic OH excluding ortho intramolecular Hbond substituents is 2. The zero-order valence-electron chi connectivity index (χ0n) is 10.3. The maximum absolute atomic E-state index is 12.5. The number of aromatic amines is 1. The molecule has 4 nitrogen and oxygen atoms in total. The Labute approximate surface area is 113 Å². The number of carbonyl (C=O) groups excluding carboxylic acids is 1. The molecule has 2 aromatic carbocycles. The topological polar surface area (TPSA) is 71.7 Å². The minimum atomic E-state index is -0.196. The molecule has 0 bridgehead atoms. The fourth-order valence-corrected chi connectivity index (χ4v) is 2.84. The summed E-state index contributed by atoms with van der Waals surface area (Å²) >= 11 is 0. The maximum atomic E-state index is 12.5. The van der Waals surface area contributed by atoms with Gasteiger partial charge < -0.3 is 10.2 Å². The van der Waals surface area contributed by atoms with Crippen LogP contribution >= 0.6 is 0 Å². The Morgan fingerprint density at radius 2 is 1.75 bits per heavy atom. The van der Waals surface area contributed by atoms with Crippen LogP contribution in [0.1, 0.15) is 16.1 Å². The molecule has 0 fully saturated rings. The van der Waals surface area contributed by atoms with E-state index in [1.807, 2.05) is 0 Å². The summed E-state index contributed by atoms with van der Waals surface area (Å²) in [5.41, 5.74) is 2.10. The van der Waals surface area contributed by atoms with E-state index in [-0.39, 0.29) is 17.3 Å². The lowest BCUT2D eigenvalue weighted by Gasteiger charge is -2.17. The number of benzene rings is 2. The molecule has 20 heavy (non-hydrogen) atoms. The van der Waals surface area contributed by atoms with Gasteiger partial charge in [-0.2, -0.15) is 0 Å². The molecule has 1 heterocycles. The summed E-state index contributed by atoms with van der Waals surface area (Å²) in [5, 5.41) is 21.5. The first-order valence-electron chi connectivity index (χ1n) is 6.22. The van der Waals surface area contributed by atoms with E-state index in [0.717, 1.165) is 0 Å². The summed E-state index contributed by atoms with van der Waals surface area (Å²) in [6, 6.07) is 10.3. The highest BCUT2D eigenvalue weighted by atomic mass is 16.3. The quantitative estimate of drug-likeness (QED) is 0.479. The zero-order chi connectivity index (χ0) is 13.9. The van der Waals surface area contributed by atoms with Crippen LogP contribution in [0.25, 0.3) is 21.9 Å². The predicted molar refractivity (Wildman–Crippen MR) is 72.7 cm³/mol. The van der Waals surface area contributed by atoms with Crippen LogP contribution in [0.15, 0.2) is 42.6 Å². The number of phenols is 2. The van der Waals surface area contributed by atoms with Crippen LogP contribution < -0.4 is 4.98 Å². The summed E-state index contributed by atoms with van der Waals surface area (Å²) in [7, 11) is 0. The van der Waals surface area contributed by atoms with E-state index in [0.29, 0.717) is 33.2 Å². The molecular weight excluding hydrogens is 254 g/mol. The van der Waals surface area contributed by atoms with Gasteiger partial charge >= 0.3 is 0 Å². The van der Waals surface area contributed by atoms with Crippen molar-refractivity contribution in [2.45, 2.75) is 0 Å². The molecule has 0 radical (unpaired) electrons. The number of pyridine rings is 1. The highest BCUT2D eigenvalue weighted by Gasteiger charge is 2.32. The summed E-state index contributed by atoms with van der Waals surface area (Å²) in [6.45, 7) is 0. The lowest BCUT2D eigenvalue weighted by molar-refractivity contribution is -0.379. The third kappa shape index (κ3) is 1.20. The van der Waals surface area contributed by atoms with Crippen LogP contribution in [0.3, 0.4) is 0 Å². The molecule has 1 aromatic heterocycles. The van der Waals surface area contributed by atoms with Gasteiger partial charge in [-0.25, -0.2) is 4.98 Å². The minimum absolute atomic E-state index is 0.108. The first-order valence-corrected chi connectivity index (χ1v) is 6.22. The van der Waals surface area contributed by atoms with E-state index in [9.17, 15) is 15.0 Å². The second-order valence-electron chi connectivity index (χ2n) is 4.81. The lowest BCUT2D eigenvalue weighted by Crippen LogP contribution is -2.21. The van der Waals surface area contributed by atoms with E-state index < -0.39 is 0 Å². The average Bonchev–Trinajstić information content (AvgIpc) is 2.47. The number of hydrogen-bond acceptors (Lipinski definition) is 3. The molecule has 3 aromatic rings. The Hall–Kier alpha value is -2.88. The summed E-state index contributed by atoms with van der Waals surface area (Å²) in [5.74, 6) is -0.490. The second kappa shape index (κ2) is 3.57. The van der Waals surface area contributed by atoms with Gasteiger partial charge in [0.25, 0.3) is 11.5 Å². The third-order valence-corrected chi connectivity index (χ3v) is 3.72. The maximum Gasteiger partial charge on any atom is 0.260 e. The summed E-state index contributed by atoms with van der Waals surface area (Å²) in [6.07, 6.45) is 1.66. The number of fused-ring (bicyclic) bond motifs is 2. The molecule has 0 amide bonds. The fraction of sp³-hybridized carbons (Fsp3) is 0. The number of rotatable bonds is 0. The van der Waals surface area contributed by atoms with Gasteiger partial charge in [-0.1, -0.05) is 24.3 Å². The van der Waals surface area contributed by atoms with Gasteiger partial charge in [0.05, 0.1) is 5.39 Å². The van der Waals surface area contributed by atoms with Crippen LogP contribution in [0, 0.1) is 0 Å². The van der Waals surface area contributed by atoms with Gasteiger partial charge in [-0.15, -0.1) is 0 Å². The Morgan fingerprint density at radius 1 is 1.00 bits per heavy atom. The zero-order valence-corrected chi connectivity index (χ0v) is 10.3. The Morgan fingerprint density at radius 3 is 2.55 bits per heavy atom. The number of nitrogens with one attached hydrogen (secondary N) is 1. The number of carbonyl (C=O) groups is 1. The van der Waals surface area contributed by atoms with Gasteiger partial charge in [0.1, 0.15) is 0 Å². The lowest BCUT2D eigenvalue weighted by atomic mass is 9.84. The molecule has 0 aliphatic heterocycles. The number of ketones is 1. The van der Waals surface area contributed by atoms with E-state index in [4.69, 9.17) is 0 Å². The number of aromatic nitrogens is 1. The van der Waals surface area contributed by atoms with E-state index >= 15 is 0 Å². The summed E-state index contributed by atoms with van der Waals surface area (Å²) < 4.78 is 0. The fourth-order valence-electron chi connectivity index (χ4n) is 2.84. The van der Waals surface area contributed by atoms with Crippen LogP contribution in [-0.4, -0.2) is 16.0 Å². The highest BCUT2D eigenvalue weighted by molar-refractivity contribution is 6.24. The van der Waals surface area contributed by atoms with Crippen LogP contribution in [0.5, 0.6) is 11.5 Å². The standard InChI is InChI=1S/C16H9NO3/c18-11-7-8-5-6-17-14-12(8)13(16(11)20)9-3-1-2-4-10(9)15(14)19/h1-7,18,20H/p+1. The van der Waals surface area contributed by atoms with E-state index in [2.05, 4.69) is 4.98 Å². The monoisotopic (exact) mass is 264 g/mol. The first kappa shape index (κ1) is 11.0. The molecule has 0 spiro atoms. The van der Waals surface area contributed by atoms with Crippen molar-refractivity contribution < 1.29 is 20.0 Å². The van der Waals surface area contributed by atoms with E-state index in [1.165, 1.54) is 6.07 Å². The average molecular weight is 264 g/mol. The minimum Gasteiger partial charge on any atom is -0.504 e. The molecule has 4 heteroatoms. The van der Waals surface area contributed by atoms with Crippen molar-refractivity contribution in [3.63, 3.8) is 0 Å². The Kier molecular flexibility index (Phi) is 1.96. The Balaban J connectivity index is 2.32.